The molecular formula is C19H21NO4S. The first-order valence-electron chi connectivity index (χ1n) is 8.22. The number of hydrogen-bond acceptors (Lipinski definition) is 3. The molecule has 0 radical (unpaired) electrons. The van der Waals surface area contributed by atoms with Gasteiger partial charge in [-0.05, 0) is 43.0 Å². The zero-order valence-corrected chi connectivity index (χ0v) is 14.9. The minimum atomic E-state index is -3.60. The topological polar surface area (TPSA) is 74.7 Å². The van der Waals surface area contributed by atoms with Crippen LogP contribution in [0.5, 0.6) is 0 Å². The van der Waals surface area contributed by atoms with Crippen molar-refractivity contribution in [2.45, 2.75) is 30.1 Å². The van der Waals surface area contributed by atoms with Crippen molar-refractivity contribution in [2.24, 2.45) is 0 Å². The molecule has 1 aliphatic rings. The lowest BCUT2D eigenvalue weighted by atomic mass is 9.73. The quantitative estimate of drug-likeness (QED) is 0.911. The number of carboxylic acid groups (broad SMARTS) is 1. The van der Waals surface area contributed by atoms with Gasteiger partial charge >= 0.3 is 5.97 Å². The molecule has 0 saturated carbocycles. The number of nitrogens with zero attached hydrogens (tertiary/aromatic N) is 1. The van der Waals surface area contributed by atoms with Crippen molar-refractivity contribution in [1.82, 2.24) is 4.31 Å². The summed E-state index contributed by atoms with van der Waals surface area (Å²) in [5.41, 5.74) is 0.581. The number of hydrogen-bond donors (Lipinski definition) is 1. The number of carboxylic acids is 1. The van der Waals surface area contributed by atoms with Crippen LogP contribution in [0.25, 0.3) is 0 Å². The van der Waals surface area contributed by atoms with E-state index in [1.807, 2.05) is 31.2 Å². The van der Waals surface area contributed by atoms with Crippen LogP contribution in [0.2, 0.25) is 0 Å². The molecule has 1 heterocycles. The van der Waals surface area contributed by atoms with Crippen LogP contribution in [0.3, 0.4) is 0 Å². The Bertz CT molecular complexity index is 869. The highest BCUT2D eigenvalue weighted by Gasteiger charge is 2.45. The Morgan fingerprint density at radius 2 is 1.68 bits per heavy atom. The third-order valence-corrected chi connectivity index (χ3v) is 6.83. The van der Waals surface area contributed by atoms with E-state index >= 15 is 0 Å². The van der Waals surface area contributed by atoms with Gasteiger partial charge in [-0.25, -0.2) is 8.42 Å². The molecule has 1 fully saturated rings. The molecule has 0 amide bonds. The highest BCUT2D eigenvalue weighted by atomic mass is 32.2. The van der Waals surface area contributed by atoms with Gasteiger partial charge in [-0.3, -0.25) is 4.79 Å². The van der Waals surface area contributed by atoms with E-state index in [0.717, 1.165) is 11.1 Å². The van der Waals surface area contributed by atoms with Crippen molar-refractivity contribution in [3.63, 3.8) is 0 Å². The predicted molar refractivity (Wildman–Crippen MR) is 94.9 cm³/mol. The second-order valence-electron chi connectivity index (χ2n) is 6.47. The molecule has 132 valence electrons. The van der Waals surface area contributed by atoms with Crippen LogP contribution >= 0.6 is 0 Å². The first-order chi connectivity index (χ1) is 11.9. The van der Waals surface area contributed by atoms with Crippen LogP contribution in [0.4, 0.5) is 0 Å². The maximum Gasteiger partial charge on any atom is 0.314 e. The van der Waals surface area contributed by atoms with Gasteiger partial charge in [0.05, 0.1) is 10.3 Å². The van der Waals surface area contributed by atoms with E-state index in [9.17, 15) is 18.3 Å². The zero-order chi connectivity index (χ0) is 18.1. The average molecular weight is 359 g/mol. The van der Waals surface area contributed by atoms with E-state index in [1.54, 1.807) is 30.3 Å². The number of piperidine rings is 1. The van der Waals surface area contributed by atoms with Crippen molar-refractivity contribution >= 4 is 16.0 Å². The summed E-state index contributed by atoms with van der Waals surface area (Å²) in [6, 6.07) is 15.9. The molecule has 5 nitrogen and oxygen atoms in total. The summed E-state index contributed by atoms with van der Waals surface area (Å²) in [5.74, 6) is -0.897. The van der Waals surface area contributed by atoms with Crippen molar-refractivity contribution in [3.05, 3.63) is 65.7 Å². The molecule has 6 heteroatoms. The standard InChI is InChI=1S/C19H21NO4S/c1-15-6-5-9-17(14-15)25(23,24)20-12-10-19(11-13-20,18(21)22)16-7-3-2-4-8-16/h2-9,14H,10-13H2,1H3,(H,21,22). The largest absolute Gasteiger partial charge is 0.481 e. The lowest BCUT2D eigenvalue weighted by Crippen LogP contribution is -2.49. The molecular weight excluding hydrogens is 338 g/mol. The van der Waals surface area contributed by atoms with Gasteiger partial charge in [0, 0.05) is 13.1 Å². The summed E-state index contributed by atoms with van der Waals surface area (Å²) >= 11 is 0. The molecule has 2 aromatic carbocycles. The highest BCUT2D eigenvalue weighted by molar-refractivity contribution is 7.89. The molecule has 0 bridgehead atoms. The minimum absolute atomic E-state index is 0.192. The van der Waals surface area contributed by atoms with E-state index in [4.69, 9.17) is 0 Å². The van der Waals surface area contributed by atoms with Crippen molar-refractivity contribution < 1.29 is 18.3 Å². The SMILES string of the molecule is Cc1cccc(S(=O)(=O)N2CCC(C(=O)O)(c3ccccc3)CC2)c1. The number of carbonyl (C=O) groups is 1. The summed E-state index contributed by atoms with van der Waals surface area (Å²) in [6.45, 7) is 2.23. The van der Waals surface area contributed by atoms with Crippen LogP contribution in [-0.2, 0) is 20.2 Å². The third kappa shape index (κ3) is 3.19. The van der Waals surface area contributed by atoms with Gasteiger partial charge in [0.1, 0.15) is 0 Å². The fourth-order valence-electron chi connectivity index (χ4n) is 3.42. The summed E-state index contributed by atoms with van der Waals surface area (Å²) in [4.78, 5) is 12.2. The van der Waals surface area contributed by atoms with Crippen LogP contribution in [0.15, 0.2) is 59.5 Å². The lowest BCUT2D eigenvalue weighted by molar-refractivity contribution is -0.145. The maximum atomic E-state index is 12.8. The molecule has 0 aromatic heterocycles. The second-order valence-corrected chi connectivity index (χ2v) is 8.41. The summed E-state index contributed by atoms with van der Waals surface area (Å²) in [6.07, 6.45) is 0.523. The Balaban J connectivity index is 1.86. The third-order valence-electron chi connectivity index (χ3n) is 4.94. The molecule has 0 unspecified atom stereocenters. The normalized spacial score (nSPS) is 18.0. The van der Waals surface area contributed by atoms with Gasteiger partial charge in [0.25, 0.3) is 0 Å². The fraction of sp³-hybridized carbons (Fsp3) is 0.316. The van der Waals surface area contributed by atoms with E-state index in [0.29, 0.717) is 0 Å². The monoisotopic (exact) mass is 359 g/mol. The van der Waals surface area contributed by atoms with Gasteiger partial charge in [-0.15, -0.1) is 0 Å². The average Bonchev–Trinajstić information content (AvgIpc) is 2.62. The van der Waals surface area contributed by atoms with Crippen LogP contribution in [-0.4, -0.2) is 36.9 Å². The number of benzene rings is 2. The first-order valence-corrected chi connectivity index (χ1v) is 9.66. The molecule has 0 aliphatic carbocycles. The lowest BCUT2D eigenvalue weighted by Gasteiger charge is -2.38. The molecule has 0 spiro atoms. The Morgan fingerprint density at radius 1 is 1.04 bits per heavy atom. The Hall–Kier alpha value is -2.18. The van der Waals surface area contributed by atoms with Crippen molar-refractivity contribution in [3.8, 4) is 0 Å². The van der Waals surface area contributed by atoms with Crippen molar-refractivity contribution in [2.75, 3.05) is 13.1 Å². The van der Waals surface area contributed by atoms with E-state index in [1.165, 1.54) is 4.31 Å². The minimum Gasteiger partial charge on any atom is -0.481 e. The number of sulfonamides is 1. The maximum absolute atomic E-state index is 12.8. The smallest absolute Gasteiger partial charge is 0.314 e. The number of aryl methyl sites for hydroxylation is 1. The van der Waals surface area contributed by atoms with Crippen LogP contribution in [0.1, 0.15) is 24.0 Å². The Kier molecular flexibility index (Phi) is 4.67. The predicted octanol–water partition coefficient (Wildman–Crippen LogP) is 2.80. The molecule has 2 aromatic rings. The zero-order valence-electron chi connectivity index (χ0n) is 14.1. The molecule has 0 atom stereocenters. The highest BCUT2D eigenvalue weighted by Crippen LogP contribution is 2.37. The van der Waals surface area contributed by atoms with E-state index in [2.05, 4.69) is 0 Å². The Morgan fingerprint density at radius 3 is 2.24 bits per heavy atom. The van der Waals surface area contributed by atoms with Gasteiger partial charge < -0.3 is 5.11 Å². The van der Waals surface area contributed by atoms with Gasteiger partial charge in [-0.1, -0.05) is 42.5 Å². The molecule has 1 saturated heterocycles. The molecule has 1 N–H and O–H groups in total. The number of aliphatic carboxylic acids is 1. The van der Waals surface area contributed by atoms with E-state index in [-0.39, 0.29) is 30.8 Å². The van der Waals surface area contributed by atoms with Crippen molar-refractivity contribution in [1.29, 1.82) is 0 Å². The van der Waals surface area contributed by atoms with Gasteiger partial charge in [-0.2, -0.15) is 4.31 Å². The van der Waals surface area contributed by atoms with E-state index < -0.39 is 21.4 Å². The number of rotatable bonds is 4. The fourth-order valence-corrected chi connectivity index (χ4v) is 4.96. The Labute approximate surface area is 148 Å². The summed E-state index contributed by atoms with van der Waals surface area (Å²) < 4.78 is 27.1. The van der Waals surface area contributed by atoms with Gasteiger partial charge in [0.15, 0.2) is 0 Å². The van der Waals surface area contributed by atoms with Crippen LogP contribution in [0, 0.1) is 6.92 Å². The molecule has 25 heavy (non-hydrogen) atoms. The van der Waals surface area contributed by atoms with Crippen LogP contribution < -0.4 is 0 Å². The van der Waals surface area contributed by atoms with Gasteiger partial charge in [0.2, 0.25) is 10.0 Å². The molecule has 1 aliphatic heterocycles. The first kappa shape index (κ1) is 17.6. The second kappa shape index (κ2) is 6.61. The summed E-state index contributed by atoms with van der Waals surface area (Å²) in [7, 11) is -3.60. The summed E-state index contributed by atoms with van der Waals surface area (Å²) in [5, 5.41) is 9.82. The molecule has 3 rings (SSSR count).